The fraction of sp³-hybridized carbons (Fsp3) is 0.418. The predicted molar refractivity (Wildman–Crippen MR) is 296 cm³/mol. The van der Waals surface area contributed by atoms with Crippen LogP contribution in [0, 0.1) is 11.8 Å². The van der Waals surface area contributed by atoms with Gasteiger partial charge in [-0.3, -0.25) is 9.59 Å². The molecule has 0 spiro atoms. The van der Waals surface area contributed by atoms with Gasteiger partial charge in [-0.25, -0.2) is 19.9 Å². The van der Waals surface area contributed by atoms with Gasteiger partial charge in [-0.2, -0.15) is 8.42 Å². The minimum absolute atomic E-state index is 0. The van der Waals surface area contributed by atoms with E-state index in [1.165, 1.54) is 0 Å². The molecule has 0 saturated heterocycles. The minimum atomic E-state index is -0.750. The number of nitrogens with two attached hydrogens (primary N) is 2. The quantitative estimate of drug-likeness (QED) is 0.0641. The van der Waals surface area contributed by atoms with E-state index in [0.717, 1.165) is 129 Å². The van der Waals surface area contributed by atoms with Crippen molar-refractivity contribution in [2.24, 2.45) is 23.3 Å². The number of nitrogens with zero attached hydrogens (tertiary/aromatic N) is 5. The molecular formula is C55H66Cl2N12O4S. The van der Waals surface area contributed by atoms with Gasteiger partial charge in [-0.1, -0.05) is 85.2 Å². The van der Waals surface area contributed by atoms with Crippen molar-refractivity contribution in [2.75, 3.05) is 10.6 Å². The van der Waals surface area contributed by atoms with Crippen LogP contribution in [0.2, 0.25) is 10.0 Å². The van der Waals surface area contributed by atoms with Crippen LogP contribution in [0.15, 0.2) is 104 Å². The van der Waals surface area contributed by atoms with E-state index in [0.29, 0.717) is 33.3 Å². The molecule has 9 N–H and O–H groups in total. The number of aromatic amines is 1. The lowest BCUT2D eigenvalue weighted by atomic mass is 9.90. The highest BCUT2D eigenvalue weighted by Crippen LogP contribution is 2.37. The summed E-state index contributed by atoms with van der Waals surface area (Å²) in [6, 6.07) is 27.7. The van der Waals surface area contributed by atoms with Gasteiger partial charge in [-0.15, -0.1) is 0 Å². The molecule has 4 heterocycles. The number of hydrogen-bond acceptors (Lipinski definition) is 12. The Morgan fingerprint density at radius 2 is 1.09 bits per heavy atom. The summed E-state index contributed by atoms with van der Waals surface area (Å²) >= 11 is 12.4. The third-order valence-corrected chi connectivity index (χ3v) is 15.3. The zero-order chi connectivity index (χ0) is 50.8. The molecule has 4 aliphatic carbocycles. The summed E-state index contributed by atoms with van der Waals surface area (Å²) in [6.07, 6.45) is 20.5. The number of carbonyl (C=O) groups is 2. The number of hydrogen-bond donors (Lipinski definition) is 7. The molecular weight excluding hydrogens is 996 g/mol. The Balaban J connectivity index is 0.000000187. The Bertz CT molecular complexity index is 3060. The van der Waals surface area contributed by atoms with E-state index >= 15 is 0 Å². The highest BCUT2D eigenvalue weighted by molar-refractivity contribution is 7.51. The third-order valence-electron chi connectivity index (χ3n) is 14.7. The van der Waals surface area contributed by atoms with E-state index in [-0.39, 0.29) is 67.3 Å². The normalized spacial score (nSPS) is 23.3. The van der Waals surface area contributed by atoms with E-state index in [4.69, 9.17) is 53.1 Å². The molecule has 4 saturated carbocycles. The first kappa shape index (κ1) is 54.0. The standard InChI is InChI=1S/C30H33ClN6O.C24H29ClN6O.CH4.O2S/c31-26-17-33-30(35-22-8-6-7-21(16-22)34-29(38)19-13-14-20(32)15-19)36-28(26)25-18-37(23-9-2-1-3-10-23)27-12-5-4-11-24(25)27;25-20-13-28-24(31-22(20)19-12-27-21-7-2-1-6-18(19)21)30-17-5-3-4-16(11-17)29-23(32)14-8-9-15(26)10-14;;1-3-2/h1-5,9-12,17-22H,6-8,13-16,32H2,(H,34,38)(H,33,35,36);1-2,6-7,12-17,27H,3-5,8-11,26H2,(H,29,32)(H,28,30,31);1H4;/t19-,20+,21-,22+;14-,15+,16-,17+;;/m00../s1. The molecule has 4 aromatic heterocycles. The highest BCUT2D eigenvalue weighted by atomic mass is 35.5. The average molecular weight is 1060 g/mol. The summed E-state index contributed by atoms with van der Waals surface area (Å²) in [5, 5.41) is 16.7. The Hall–Kier alpha value is -6.24. The lowest BCUT2D eigenvalue weighted by Gasteiger charge is -2.31. The number of fused-ring (bicyclic) bond motifs is 2. The largest absolute Gasteiger partial charge is 0.360 e. The molecule has 74 heavy (non-hydrogen) atoms. The molecule has 16 nitrogen and oxygen atoms in total. The van der Waals surface area contributed by atoms with Gasteiger partial charge in [0.05, 0.1) is 39.3 Å². The SMILES string of the molecule is C.N[C@@H]1CC[C@H](C(=O)N[C@H]2CCC[C@@H](Nc3ncc(Cl)c(-c4c[nH]c5ccccc45)n3)C2)C1.N[C@@H]1CC[C@H](C(=O)N[C@H]2CCC[C@@H](Nc3ncc(Cl)c(-c4cn(-c5ccccc5)c5ccccc45)n3)C2)C1.O=S=O. The maximum Gasteiger partial charge on any atom is 0.335 e. The van der Waals surface area contributed by atoms with E-state index in [1.807, 2.05) is 54.7 Å². The van der Waals surface area contributed by atoms with Gasteiger partial charge in [0, 0.05) is 93.6 Å². The second-order valence-corrected chi connectivity index (χ2v) is 20.8. The van der Waals surface area contributed by atoms with Crippen molar-refractivity contribution >= 4 is 80.3 Å². The molecule has 0 radical (unpaired) electrons. The van der Waals surface area contributed by atoms with Crippen molar-refractivity contribution in [2.45, 2.75) is 134 Å². The van der Waals surface area contributed by atoms with Crippen LogP contribution in [-0.4, -0.2) is 86.0 Å². The number of carbonyl (C=O) groups excluding carboxylic acids is 2. The van der Waals surface area contributed by atoms with Crippen LogP contribution in [0.5, 0.6) is 0 Å². The maximum absolute atomic E-state index is 12.7. The van der Waals surface area contributed by atoms with Gasteiger partial charge in [0.1, 0.15) is 0 Å². The lowest BCUT2D eigenvalue weighted by Crippen LogP contribution is -2.44. The first-order valence-corrected chi connectivity index (χ1v) is 26.8. The van der Waals surface area contributed by atoms with Crippen LogP contribution >= 0.6 is 23.2 Å². The minimum Gasteiger partial charge on any atom is -0.360 e. The second kappa shape index (κ2) is 25.3. The second-order valence-electron chi connectivity index (χ2n) is 19.8. The zero-order valence-electron chi connectivity index (χ0n) is 40.5. The van der Waals surface area contributed by atoms with E-state index in [9.17, 15) is 9.59 Å². The van der Waals surface area contributed by atoms with Crippen LogP contribution in [0.1, 0.15) is 97.3 Å². The number of para-hydroxylation sites is 3. The van der Waals surface area contributed by atoms with Crippen LogP contribution in [0.3, 0.4) is 0 Å². The molecule has 390 valence electrons. The first-order chi connectivity index (χ1) is 35.5. The Kier molecular flexibility index (Phi) is 18.5. The van der Waals surface area contributed by atoms with Crippen molar-refractivity contribution in [1.29, 1.82) is 0 Å². The molecule has 4 aliphatic rings. The number of H-pyrrole nitrogens is 1. The van der Waals surface area contributed by atoms with Gasteiger partial charge in [0.25, 0.3) is 0 Å². The highest BCUT2D eigenvalue weighted by Gasteiger charge is 2.33. The van der Waals surface area contributed by atoms with E-state index in [1.54, 1.807) is 12.4 Å². The van der Waals surface area contributed by atoms with Gasteiger partial charge in [0.15, 0.2) is 0 Å². The Morgan fingerprint density at radius 1 is 0.608 bits per heavy atom. The Morgan fingerprint density at radius 3 is 1.64 bits per heavy atom. The summed E-state index contributed by atoms with van der Waals surface area (Å²) in [5.74, 6) is 1.56. The van der Waals surface area contributed by atoms with Crippen LogP contribution in [0.25, 0.3) is 50.0 Å². The van der Waals surface area contributed by atoms with Crippen molar-refractivity contribution in [3.8, 4) is 28.2 Å². The number of aromatic nitrogens is 6. The number of halogens is 2. The summed E-state index contributed by atoms with van der Waals surface area (Å²) in [5.41, 5.74) is 18.5. The molecule has 8 atom stereocenters. The molecule has 7 aromatic rings. The average Bonchev–Trinajstić information content (AvgIpc) is 4.23. The molecule has 3 aromatic carbocycles. The molecule has 0 bridgehead atoms. The number of nitrogens with one attached hydrogen (secondary N) is 5. The van der Waals surface area contributed by atoms with Gasteiger partial charge in [0.2, 0.25) is 23.7 Å². The predicted octanol–water partition coefficient (Wildman–Crippen LogP) is 9.92. The first-order valence-electron chi connectivity index (χ1n) is 25.4. The third kappa shape index (κ3) is 13.2. The summed E-state index contributed by atoms with van der Waals surface area (Å²) < 4.78 is 18.8. The number of anilines is 2. The Labute approximate surface area is 445 Å². The fourth-order valence-corrected chi connectivity index (χ4v) is 11.5. The van der Waals surface area contributed by atoms with Crippen LogP contribution < -0.4 is 32.7 Å². The summed E-state index contributed by atoms with van der Waals surface area (Å²) in [4.78, 5) is 47.2. The smallest absolute Gasteiger partial charge is 0.335 e. The molecule has 0 aliphatic heterocycles. The number of benzene rings is 3. The van der Waals surface area contributed by atoms with Crippen molar-refractivity contribution in [3.63, 3.8) is 0 Å². The molecule has 0 unspecified atom stereocenters. The van der Waals surface area contributed by atoms with Crippen molar-refractivity contribution in [3.05, 3.63) is 114 Å². The van der Waals surface area contributed by atoms with Gasteiger partial charge < -0.3 is 42.3 Å². The van der Waals surface area contributed by atoms with E-state index < -0.39 is 11.6 Å². The van der Waals surface area contributed by atoms with Crippen LogP contribution in [0.4, 0.5) is 11.9 Å². The molecule has 2 amide bonds. The number of amides is 2. The van der Waals surface area contributed by atoms with E-state index in [2.05, 4.69) is 77.3 Å². The molecule has 11 rings (SSSR count). The van der Waals surface area contributed by atoms with Gasteiger partial charge >= 0.3 is 11.6 Å². The number of rotatable bonds is 11. The van der Waals surface area contributed by atoms with Gasteiger partial charge in [-0.05, 0) is 114 Å². The summed E-state index contributed by atoms with van der Waals surface area (Å²) in [7, 11) is 0. The lowest BCUT2D eigenvalue weighted by molar-refractivity contribution is -0.126. The van der Waals surface area contributed by atoms with Crippen molar-refractivity contribution in [1.82, 2.24) is 40.1 Å². The van der Waals surface area contributed by atoms with Crippen molar-refractivity contribution < 1.29 is 18.0 Å². The maximum atomic E-state index is 12.7. The summed E-state index contributed by atoms with van der Waals surface area (Å²) in [6.45, 7) is 0. The molecule has 4 fully saturated rings. The van der Waals surface area contributed by atoms with Crippen LogP contribution in [-0.2, 0) is 21.2 Å². The fourth-order valence-electron chi connectivity index (χ4n) is 11.1. The monoisotopic (exact) mass is 1060 g/mol. The zero-order valence-corrected chi connectivity index (χ0v) is 42.8. The topological polar surface area (TPSA) is 241 Å². The molecule has 19 heteroatoms.